The van der Waals surface area contributed by atoms with Gasteiger partial charge in [0.25, 0.3) is 0 Å². The Balaban J connectivity index is 2.01. The molecule has 19 heavy (non-hydrogen) atoms. The average molecular weight is 382 g/mol. The van der Waals surface area contributed by atoms with Crippen LogP contribution in [0.2, 0.25) is 0 Å². The molecule has 5 heteroatoms. The van der Waals surface area contributed by atoms with Gasteiger partial charge in [-0.15, -0.1) is 11.3 Å². The molecule has 0 radical (unpaired) electrons. The standard InChI is InChI=1S/C14H11IN2OS/c15-13-8-10(9-19-13)14(18)12-6-7-16-17(12)11-4-2-1-3-5-11/h1-9,14,18H. The Bertz CT molecular complexity index is 678. The largest absolute Gasteiger partial charge is 0.382 e. The van der Waals surface area contributed by atoms with Crippen LogP contribution in [0.3, 0.4) is 0 Å². The third-order valence-corrected chi connectivity index (χ3v) is 4.66. The zero-order chi connectivity index (χ0) is 13.2. The highest BCUT2D eigenvalue weighted by Crippen LogP contribution is 2.28. The molecule has 0 saturated heterocycles. The Kier molecular flexibility index (Phi) is 3.67. The summed E-state index contributed by atoms with van der Waals surface area (Å²) in [6.07, 6.45) is 1.06. The second-order valence-electron chi connectivity index (χ2n) is 4.09. The Morgan fingerprint density at radius 2 is 2.00 bits per heavy atom. The molecular weight excluding hydrogens is 371 g/mol. The number of aliphatic hydroxyl groups is 1. The molecule has 3 aromatic rings. The van der Waals surface area contributed by atoms with Gasteiger partial charge in [0.15, 0.2) is 0 Å². The number of rotatable bonds is 3. The molecule has 0 aliphatic rings. The molecule has 0 aliphatic carbocycles. The van der Waals surface area contributed by atoms with E-state index in [4.69, 9.17) is 0 Å². The fraction of sp³-hybridized carbons (Fsp3) is 0.0714. The zero-order valence-electron chi connectivity index (χ0n) is 9.90. The van der Waals surface area contributed by atoms with Crippen LogP contribution in [-0.2, 0) is 0 Å². The molecule has 2 aromatic heterocycles. The van der Waals surface area contributed by atoms with E-state index >= 15 is 0 Å². The molecule has 1 atom stereocenters. The lowest BCUT2D eigenvalue weighted by atomic mass is 10.1. The van der Waals surface area contributed by atoms with Crippen LogP contribution in [0.15, 0.2) is 54.0 Å². The van der Waals surface area contributed by atoms with Crippen molar-refractivity contribution in [1.29, 1.82) is 0 Å². The van der Waals surface area contributed by atoms with Crippen molar-refractivity contribution in [1.82, 2.24) is 9.78 Å². The highest BCUT2D eigenvalue weighted by atomic mass is 127. The van der Waals surface area contributed by atoms with Crippen molar-refractivity contribution in [2.45, 2.75) is 6.10 Å². The molecule has 3 nitrogen and oxygen atoms in total. The van der Waals surface area contributed by atoms with Gasteiger partial charge in [-0.1, -0.05) is 18.2 Å². The summed E-state index contributed by atoms with van der Waals surface area (Å²) in [6.45, 7) is 0. The molecular formula is C14H11IN2OS. The van der Waals surface area contributed by atoms with Crippen LogP contribution < -0.4 is 0 Å². The van der Waals surface area contributed by atoms with Gasteiger partial charge in [0.2, 0.25) is 0 Å². The van der Waals surface area contributed by atoms with Crippen molar-refractivity contribution >= 4 is 33.9 Å². The normalized spacial score (nSPS) is 12.5. The Hall–Kier alpha value is -1.18. The number of hydrogen-bond donors (Lipinski definition) is 1. The maximum atomic E-state index is 10.5. The zero-order valence-corrected chi connectivity index (χ0v) is 12.9. The average Bonchev–Trinajstić information content (AvgIpc) is 3.07. The quantitative estimate of drug-likeness (QED) is 0.703. The van der Waals surface area contributed by atoms with E-state index in [1.807, 2.05) is 47.8 Å². The first-order valence-electron chi connectivity index (χ1n) is 5.77. The van der Waals surface area contributed by atoms with Gasteiger partial charge < -0.3 is 5.11 Å². The molecule has 3 rings (SSSR count). The third-order valence-electron chi connectivity index (χ3n) is 2.86. The topological polar surface area (TPSA) is 38.1 Å². The highest BCUT2D eigenvalue weighted by molar-refractivity contribution is 14.1. The summed E-state index contributed by atoms with van der Waals surface area (Å²) in [7, 11) is 0. The molecule has 0 fully saturated rings. The summed E-state index contributed by atoms with van der Waals surface area (Å²) in [5.74, 6) is 0. The van der Waals surface area contributed by atoms with Crippen molar-refractivity contribution < 1.29 is 5.11 Å². The van der Waals surface area contributed by atoms with Crippen molar-refractivity contribution in [2.24, 2.45) is 0 Å². The summed E-state index contributed by atoms with van der Waals surface area (Å²) >= 11 is 3.89. The molecule has 0 spiro atoms. The summed E-state index contributed by atoms with van der Waals surface area (Å²) < 4.78 is 2.94. The summed E-state index contributed by atoms with van der Waals surface area (Å²) in [4.78, 5) is 0. The van der Waals surface area contributed by atoms with Crippen LogP contribution in [0.5, 0.6) is 0 Å². The first-order chi connectivity index (χ1) is 9.25. The first kappa shape index (κ1) is 12.8. The van der Waals surface area contributed by atoms with E-state index in [2.05, 4.69) is 27.7 Å². The van der Waals surface area contributed by atoms with Gasteiger partial charge >= 0.3 is 0 Å². The molecule has 0 amide bonds. The van der Waals surface area contributed by atoms with Gasteiger partial charge in [-0.3, -0.25) is 0 Å². The third kappa shape index (κ3) is 2.58. The Morgan fingerprint density at radius 3 is 2.68 bits per heavy atom. The van der Waals surface area contributed by atoms with Crippen LogP contribution in [0, 0.1) is 2.88 Å². The van der Waals surface area contributed by atoms with Crippen molar-refractivity contribution in [2.75, 3.05) is 0 Å². The Labute approximate surface area is 128 Å². The lowest BCUT2D eigenvalue weighted by Gasteiger charge is -2.12. The fourth-order valence-corrected chi connectivity index (χ4v) is 3.33. The van der Waals surface area contributed by atoms with E-state index in [0.717, 1.165) is 19.8 Å². The number of benzene rings is 1. The van der Waals surface area contributed by atoms with Crippen LogP contribution >= 0.6 is 33.9 Å². The molecule has 0 aliphatic heterocycles. The smallest absolute Gasteiger partial charge is 0.122 e. The number of thiophene rings is 1. The van der Waals surface area contributed by atoms with Gasteiger partial charge in [0.1, 0.15) is 6.10 Å². The Morgan fingerprint density at radius 1 is 1.21 bits per heavy atom. The number of hydrogen-bond acceptors (Lipinski definition) is 3. The molecule has 96 valence electrons. The summed E-state index contributed by atoms with van der Waals surface area (Å²) in [5.41, 5.74) is 2.64. The lowest BCUT2D eigenvalue weighted by molar-refractivity contribution is 0.212. The lowest BCUT2D eigenvalue weighted by Crippen LogP contribution is -2.07. The van der Waals surface area contributed by atoms with Crippen molar-refractivity contribution in [3.8, 4) is 5.69 Å². The SMILES string of the molecule is OC(c1csc(I)c1)c1ccnn1-c1ccccc1. The van der Waals surface area contributed by atoms with Gasteiger partial charge in [-0.05, 0) is 57.8 Å². The van der Waals surface area contributed by atoms with Gasteiger partial charge in [0, 0.05) is 6.20 Å². The van der Waals surface area contributed by atoms with Crippen molar-refractivity contribution in [3.05, 3.63) is 68.2 Å². The van der Waals surface area contributed by atoms with Crippen molar-refractivity contribution in [3.63, 3.8) is 0 Å². The van der Waals surface area contributed by atoms with E-state index in [9.17, 15) is 5.11 Å². The van der Waals surface area contributed by atoms with Gasteiger partial charge in [0.05, 0.1) is 14.3 Å². The highest BCUT2D eigenvalue weighted by Gasteiger charge is 2.17. The monoisotopic (exact) mass is 382 g/mol. The second-order valence-corrected chi connectivity index (χ2v) is 6.90. The van der Waals surface area contributed by atoms with Gasteiger partial charge in [-0.25, -0.2) is 4.68 Å². The molecule has 1 aromatic carbocycles. The number of halogens is 1. The predicted octanol–water partition coefficient (Wildman–Crippen LogP) is 3.62. The first-order valence-corrected chi connectivity index (χ1v) is 7.73. The van der Waals surface area contributed by atoms with E-state index < -0.39 is 6.10 Å². The molecule has 1 N–H and O–H groups in total. The molecule has 2 heterocycles. The number of para-hydroxylation sites is 1. The fourth-order valence-electron chi connectivity index (χ4n) is 1.94. The number of nitrogens with zero attached hydrogens (tertiary/aromatic N) is 2. The van der Waals surface area contributed by atoms with E-state index in [1.165, 1.54) is 0 Å². The maximum Gasteiger partial charge on any atom is 0.122 e. The van der Waals surface area contributed by atoms with Gasteiger partial charge in [-0.2, -0.15) is 5.10 Å². The minimum Gasteiger partial charge on any atom is -0.382 e. The minimum absolute atomic E-state index is 0.650. The van der Waals surface area contributed by atoms with E-state index in [-0.39, 0.29) is 0 Å². The van der Waals surface area contributed by atoms with Crippen LogP contribution in [0.4, 0.5) is 0 Å². The molecule has 0 bridgehead atoms. The van der Waals surface area contributed by atoms with E-state index in [0.29, 0.717) is 0 Å². The van der Waals surface area contributed by atoms with E-state index in [1.54, 1.807) is 22.2 Å². The van der Waals surface area contributed by atoms with Crippen LogP contribution in [-0.4, -0.2) is 14.9 Å². The predicted molar refractivity (Wildman–Crippen MR) is 84.7 cm³/mol. The summed E-state index contributed by atoms with van der Waals surface area (Å²) in [6, 6.07) is 13.7. The molecule has 0 saturated carbocycles. The number of aliphatic hydroxyl groups excluding tert-OH is 1. The van der Waals surface area contributed by atoms with Crippen LogP contribution in [0.1, 0.15) is 17.4 Å². The number of aromatic nitrogens is 2. The maximum absolute atomic E-state index is 10.5. The molecule has 1 unspecified atom stereocenters. The minimum atomic E-state index is -0.650. The van der Waals surface area contributed by atoms with Crippen LogP contribution in [0.25, 0.3) is 5.69 Å². The summed E-state index contributed by atoms with van der Waals surface area (Å²) in [5, 5.41) is 16.8. The second kappa shape index (κ2) is 5.44.